The summed E-state index contributed by atoms with van der Waals surface area (Å²) in [6.07, 6.45) is 8.46. The predicted molar refractivity (Wildman–Crippen MR) is 100 cm³/mol. The molecule has 0 aliphatic carbocycles. The van der Waals surface area contributed by atoms with Crippen LogP contribution in [-0.4, -0.2) is 40.4 Å². The summed E-state index contributed by atoms with van der Waals surface area (Å²) in [5, 5.41) is 4.53. The molecule has 0 unspecified atom stereocenters. The molecule has 2 N–H and O–H groups in total. The fourth-order valence-electron chi connectivity index (χ4n) is 1.15. The zero-order valence-electron chi connectivity index (χ0n) is 12.9. The van der Waals surface area contributed by atoms with Crippen LogP contribution in [0.25, 0.3) is 0 Å². The first-order chi connectivity index (χ1) is 12.8. The van der Waals surface area contributed by atoms with Gasteiger partial charge >= 0.3 is 25.3 Å². The summed E-state index contributed by atoms with van der Waals surface area (Å²) in [6.45, 7) is 0. The molecule has 0 bridgehead atoms. The number of nitrogens with zero attached hydrogens (tertiary/aromatic N) is 4. The second kappa shape index (κ2) is 15.1. The Labute approximate surface area is 183 Å². The van der Waals surface area contributed by atoms with E-state index in [1.165, 1.54) is 37.2 Å². The maximum absolute atomic E-state index is 11.1. The average molecular weight is 524 g/mol. The third-order valence-corrected chi connectivity index (χ3v) is 2.43. The molecule has 0 aliphatic rings. The average Bonchev–Trinajstić information content (AvgIpc) is 2.63. The van der Waals surface area contributed by atoms with Gasteiger partial charge < -0.3 is 60.3 Å². The van der Waals surface area contributed by atoms with Crippen LogP contribution >= 0.6 is 24.4 Å². The van der Waals surface area contributed by atoms with Crippen molar-refractivity contribution in [2.45, 2.75) is 0 Å². The summed E-state index contributed by atoms with van der Waals surface area (Å²) in [6, 6.07) is 0. The van der Waals surface area contributed by atoms with E-state index in [2.05, 4.69) is 80.3 Å². The van der Waals surface area contributed by atoms with E-state index in [0.29, 0.717) is 0 Å². The topological polar surface area (TPSA) is 144 Å². The summed E-state index contributed by atoms with van der Waals surface area (Å²) in [5.41, 5.74) is 0.398. The van der Waals surface area contributed by atoms with Crippen LogP contribution in [0.3, 0.4) is 0 Å². The molecule has 0 atom stereocenters. The molecule has 2 amide bonds. The number of hydrogen-bond donors (Lipinski definition) is 2. The van der Waals surface area contributed by atoms with Gasteiger partial charge in [0, 0.05) is 24.8 Å². The van der Waals surface area contributed by atoms with Gasteiger partial charge in [-0.15, -0.1) is 0 Å². The van der Waals surface area contributed by atoms with E-state index >= 15 is 0 Å². The Bertz CT molecular complexity index is 758. The Morgan fingerprint density at radius 2 is 1.15 bits per heavy atom. The number of carbonyl (C=O) groups excluding carboxylic acids is 2. The third kappa shape index (κ3) is 12.9. The number of amides is 2. The fraction of sp³-hybridized carbons (Fsp3) is 0. The number of aromatic nitrogens is 4. The normalized spacial score (nSPS) is 8.30. The zero-order valence-corrected chi connectivity index (χ0v) is 18.2. The fourth-order valence-corrected chi connectivity index (χ4v) is 1.52. The van der Waals surface area contributed by atoms with E-state index in [-0.39, 0.29) is 20.0 Å². The zero-order chi connectivity index (χ0) is 20.7. The van der Waals surface area contributed by atoms with E-state index in [1.807, 2.05) is 0 Å². The second-order valence-electron chi connectivity index (χ2n) is 3.73. The van der Waals surface area contributed by atoms with E-state index in [0.717, 1.165) is 0 Å². The Kier molecular flexibility index (Phi) is 14.0. The van der Waals surface area contributed by atoms with Crippen molar-refractivity contribution in [2.75, 3.05) is 0 Å². The minimum atomic E-state index is -2.03. The molecule has 0 aliphatic heterocycles. The van der Waals surface area contributed by atoms with Crippen LogP contribution in [0.2, 0.25) is 0 Å². The van der Waals surface area contributed by atoms with Gasteiger partial charge in [0.1, 0.15) is 11.4 Å². The standard InChI is InChI=1S/2C6H5N3OS2.Mo.2O/c2*10-5(9-6(11)12)4-3-7-1-2-8-4;;;/h2*1-3H,(H2,9,10,11,12);;;/q;;+2;;/p-2. The van der Waals surface area contributed by atoms with Crippen molar-refractivity contribution in [3.63, 3.8) is 0 Å². The molecule has 2 aromatic heterocycles. The van der Waals surface area contributed by atoms with Gasteiger partial charge in [-0.2, -0.15) is 0 Å². The molecule has 2 aromatic rings. The van der Waals surface area contributed by atoms with E-state index in [1.54, 1.807) is 0 Å². The Morgan fingerprint density at radius 1 is 0.815 bits per heavy atom. The molecule has 2 rings (SSSR count). The van der Waals surface area contributed by atoms with E-state index in [9.17, 15) is 9.59 Å². The van der Waals surface area contributed by atoms with Gasteiger partial charge in [-0.05, 0) is 0 Å². The molecule has 10 nitrogen and oxygen atoms in total. The molecule has 2 heterocycles. The van der Waals surface area contributed by atoms with Crippen LogP contribution in [0.1, 0.15) is 21.0 Å². The van der Waals surface area contributed by atoms with Crippen molar-refractivity contribution >= 4 is 70.1 Å². The number of rotatable bonds is 2. The van der Waals surface area contributed by atoms with Gasteiger partial charge in [-0.1, -0.05) is 8.64 Å². The summed E-state index contributed by atoms with van der Waals surface area (Å²) in [5.74, 6) is -0.855. The quantitative estimate of drug-likeness (QED) is 0.306. The Hall–Kier alpha value is -1.99. The van der Waals surface area contributed by atoms with Gasteiger partial charge in [-0.3, -0.25) is 19.6 Å². The molecule has 0 fully saturated rings. The maximum atomic E-state index is 11.1. The van der Waals surface area contributed by atoms with Crippen molar-refractivity contribution in [1.82, 2.24) is 30.6 Å². The minimum absolute atomic E-state index is 0.00523. The van der Waals surface area contributed by atoms with Crippen molar-refractivity contribution < 1.29 is 34.9 Å². The SMILES string of the molecule is O=C(NC(=S)[S-])c1cnccn1.O=C(NC(=S)[S-])c1cnccn1.[O]=[Mo+2]=[O]. The number of carbonyl (C=O) groups is 2. The molecule has 0 saturated heterocycles. The van der Waals surface area contributed by atoms with Crippen LogP contribution in [-0.2, 0) is 50.5 Å². The van der Waals surface area contributed by atoms with Gasteiger partial charge in [0.15, 0.2) is 0 Å². The molecule has 15 heteroatoms. The van der Waals surface area contributed by atoms with Crippen molar-refractivity contribution in [3.8, 4) is 0 Å². The van der Waals surface area contributed by atoms with Crippen molar-refractivity contribution in [1.29, 1.82) is 0 Å². The van der Waals surface area contributed by atoms with Gasteiger partial charge in [0.05, 0.1) is 12.4 Å². The molecule has 0 radical (unpaired) electrons. The second-order valence-corrected chi connectivity index (χ2v) is 6.22. The first-order valence-corrected chi connectivity index (χ1v) is 9.57. The molecule has 0 aromatic carbocycles. The van der Waals surface area contributed by atoms with Crippen molar-refractivity contribution in [2.24, 2.45) is 0 Å². The molecule has 140 valence electrons. The van der Waals surface area contributed by atoms with E-state index < -0.39 is 30.3 Å². The van der Waals surface area contributed by atoms with Crippen LogP contribution in [0, 0.1) is 0 Å². The predicted octanol–water partition coefficient (Wildman–Crippen LogP) is -0.164. The summed E-state index contributed by atoms with van der Waals surface area (Å²) in [4.78, 5) is 37.1. The summed E-state index contributed by atoms with van der Waals surface area (Å²) in [7, 11) is 0. The van der Waals surface area contributed by atoms with Crippen LogP contribution < -0.4 is 10.6 Å². The Balaban J connectivity index is 0.000000438. The molecule has 0 spiro atoms. The van der Waals surface area contributed by atoms with Crippen molar-refractivity contribution in [3.05, 3.63) is 48.6 Å². The van der Waals surface area contributed by atoms with Gasteiger partial charge in [0.25, 0.3) is 11.8 Å². The van der Waals surface area contributed by atoms with Gasteiger partial charge in [-0.25, -0.2) is 9.97 Å². The number of nitrogens with one attached hydrogen (secondary N) is 2. The molecular weight excluding hydrogens is 516 g/mol. The van der Waals surface area contributed by atoms with E-state index in [4.69, 9.17) is 6.80 Å². The summed E-state index contributed by atoms with van der Waals surface area (Å²) < 4.78 is 17.0. The molecule has 27 heavy (non-hydrogen) atoms. The van der Waals surface area contributed by atoms with Crippen LogP contribution in [0.15, 0.2) is 37.2 Å². The van der Waals surface area contributed by atoms with Crippen LogP contribution in [0.4, 0.5) is 0 Å². The number of thiocarbonyl (C=S) groups is 2. The summed E-state index contributed by atoms with van der Waals surface area (Å²) >= 11 is 16.0. The Morgan fingerprint density at radius 3 is 1.37 bits per heavy atom. The molecule has 0 saturated carbocycles. The first-order valence-electron chi connectivity index (χ1n) is 6.30. The monoisotopic (exact) mass is 526 g/mol. The third-order valence-electron chi connectivity index (χ3n) is 2.02. The molecular formula is C12H8MoN6O4S4. The first kappa shape index (κ1) is 25.0. The van der Waals surface area contributed by atoms with Crippen LogP contribution in [0.5, 0.6) is 0 Å². The number of hydrogen-bond acceptors (Lipinski definition) is 12. The van der Waals surface area contributed by atoms with Gasteiger partial charge in [0.2, 0.25) is 0 Å².